The summed E-state index contributed by atoms with van der Waals surface area (Å²) in [6.07, 6.45) is 9.54. The van der Waals surface area contributed by atoms with Crippen LogP contribution in [0.4, 0.5) is 0 Å². The zero-order chi connectivity index (χ0) is 54.4. The quantitative estimate of drug-likeness (QED) is 0.116. The average molecular weight is 1030 g/mol. The molecule has 3 fully saturated rings. The number of fused-ring (bicyclic) bond motifs is 3. The number of amides is 1. The lowest BCUT2D eigenvalue weighted by molar-refractivity contribution is -0.265. The first-order chi connectivity index (χ1) is 34.5. The molecule has 73 heavy (non-hydrogen) atoms. The van der Waals surface area contributed by atoms with Crippen LogP contribution in [0.25, 0.3) is 0 Å². The Hall–Kier alpha value is -3.94. The number of esters is 2. The number of ketones is 3. The van der Waals surface area contributed by atoms with Crippen LogP contribution in [0.2, 0.25) is 0 Å². The summed E-state index contributed by atoms with van der Waals surface area (Å²) in [4.78, 5) is 86.0. The number of cyclic esters (lactones) is 1. The maximum Gasteiger partial charge on any atom is 0.329 e. The predicted molar refractivity (Wildman–Crippen MR) is 271 cm³/mol. The first-order valence-corrected chi connectivity index (χ1v) is 26.4. The second-order valence-electron chi connectivity index (χ2n) is 21.8. The van der Waals surface area contributed by atoms with Crippen LogP contribution in [-0.4, -0.2) is 156 Å². The molecule has 2 bridgehead atoms. The molecule has 0 aromatic heterocycles. The second-order valence-corrected chi connectivity index (χ2v) is 21.8. The van der Waals surface area contributed by atoms with Gasteiger partial charge in [-0.25, -0.2) is 4.79 Å². The number of hydrogen-bond acceptors (Lipinski definition) is 16. The molecule has 1 amide bonds. The highest BCUT2D eigenvalue weighted by Gasteiger charge is 2.53. The topological polar surface area (TPSA) is 242 Å². The van der Waals surface area contributed by atoms with Crippen LogP contribution in [0.1, 0.15) is 132 Å². The largest absolute Gasteiger partial charge is 0.462 e. The highest BCUT2D eigenvalue weighted by molar-refractivity contribution is 6.39. The molecule has 0 aromatic rings. The summed E-state index contributed by atoms with van der Waals surface area (Å²) in [6.45, 7) is 12.5. The third-order valence-electron chi connectivity index (χ3n) is 15.9. The molecule has 0 spiro atoms. The van der Waals surface area contributed by atoms with Crippen molar-refractivity contribution in [2.75, 3.05) is 41.1 Å². The molecule has 4 N–H and O–H groups in total. The minimum absolute atomic E-state index is 0.0153. The lowest BCUT2D eigenvalue weighted by Crippen LogP contribution is -2.61. The molecule has 1 saturated carbocycles. The van der Waals surface area contributed by atoms with Crippen LogP contribution >= 0.6 is 0 Å². The van der Waals surface area contributed by atoms with E-state index in [9.17, 15) is 49.2 Å². The van der Waals surface area contributed by atoms with Crippen molar-refractivity contribution in [3.05, 3.63) is 47.6 Å². The van der Waals surface area contributed by atoms with E-state index in [4.69, 9.17) is 28.4 Å². The molecular weight excluding hydrogens is 943 g/mol. The SMILES string of the molecule is CO[C@H]1CCC(OC(=O)C(C)(CO)CO)[C@@H](C[C@@H](C)[C@@H]2CC(=O)[C@H](C)/C=C(\C)[C@@H](O)[C@@H](OC)C(=O)[C@@H](C)C[C@H](C)/C=C/C=C/C=C(\C)[C@@H](OC)C[C@@H]3CC[C@@H](C)[C@@](O)(O3)C(=O)C(=O)N3CCCCC3C(=O)O2)C1. The minimum Gasteiger partial charge on any atom is -0.462 e. The van der Waals surface area contributed by atoms with Gasteiger partial charge in [0.25, 0.3) is 11.7 Å². The fraction of sp³-hybridized carbons (Fsp3) is 0.750. The Morgan fingerprint density at radius 3 is 2.22 bits per heavy atom. The van der Waals surface area contributed by atoms with E-state index in [1.165, 1.54) is 14.0 Å². The molecule has 4 rings (SSSR count). The molecule has 17 heteroatoms. The summed E-state index contributed by atoms with van der Waals surface area (Å²) in [5.41, 5.74) is -0.361. The Bertz CT molecular complexity index is 2010. The molecule has 2 saturated heterocycles. The summed E-state index contributed by atoms with van der Waals surface area (Å²) >= 11 is 0. The van der Waals surface area contributed by atoms with Crippen LogP contribution < -0.4 is 0 Å². The first kappa shape index (κ1) is 61.6. The molecule has 0 radical (unpaired) electrons. The Morgan fingerprint density at radius 2 is 1.58 bits per heavy atom. The number of hydrogen-bond donors (Lipinski definition) is 4. The summed E-state index contributed by atoms with van der Waals surface area (Å²) in [6, 6.07) is -1.24. The maximum atomic E-state index is 14.6. The van der Waals surface area contributed by atoms with Gasteiger partial charge in [0, 0.05) is 58.5 Å². The lowest BCUT2D eigenvalue weighted by atomic mass is 9.77. The molecule has 3 heterocycles. The molecule has 1 aliphatic carbocycles. The third kappa shape index (κ3) is 16.0. The van der Waals surface area contributed by atoms with E-state index < -0.39 is 114 Å². The van der Waals surface area contributed by atoms with Gasteiger partial charge in [-0.2, -0.15) is 0 Å². The van der Waals surface area contributed by atoms with Crippen molar-refractivity contribution >= 4 is 35.2 Å². The monoisotopic (exact) mass is 1030 g/mol. The number of Topliss-reactive ketones (excluding diaryl/α,β-unsaturated/α-hetero) is 3. The van der Waals surface area contributed by atoms with Gasteiger partial charge in [0.1, 0.15) is 41.7 Å². The average Bonchev–Trinajstić information content (AvgIpc) is 3.37. The molecule has 15 atom stereocenters. The Labute approximate surface area is 433 Å². The maximum absolute atomic E-state index is 14.6. The zero-order valence-electron chi connectivity index (χ0n) is 45.3. The highest BCUT2D eigenvalue weighted by atomic mass is 16.6. The van der Waals surface area contributed by atoms with Crippen molar-refractivity contribution in [3.8, 4) is 0 Å². The lowest BCUT2D eigenvalue weighted by Gasteiger charge is -2.43. The van der Waals surface area contributed by atoms with Crippen LogP contribution in [-0.2, 0) is 57.2 Å². The summed E-state index contributed by atoms with van der Waals surface area (Å²) in [5.74, 6) is -10.1. The second kappa shape index (κ2) is 28.3. The number of ether oxygens (including phenoxy) is 6. The number of methoxy groups -OCH3 is 3. The number of aliphatic hydroxyl groups is 4. The molecule has 0 aromatic carbocycles. The molecule has 3 aliphatic heterocycles. The number of allylic oxidation sites excluding steroid dienone is 6. The van der Waals surface area contributed by atoms with Crippen molar-refractivity contribution in [2.45, 2.75) is 187 Å². The van der Waals surface area contributed by atoms with Crippen LogP contribution in [0.5, 0.6) is 0 Å². The van der Waals surface area contributed by atoms with Gasteiger partial charge in [-0.15, -0.1) is 0 Å². The Kier molecular flexibility index (Phi) is 23.9. The number of carbonyl (C=O) groups is 6. The normalized spacial score (nSPS) is 37.4. The van der Waals surface area contributed by atoms with Gasteiger partial charge in [-0.3, -0.25) is 24.0 Å². The van der Waals surface area contributed by atoms with Crippen LogP contribution in [0.15, 0.2) is 47.6 Å². The number of aliphatic hydroxyl groups excluding tert-OH is 3. The number of rotatable bonds is 10. The Balaban J connectivity index is 1.75. The highest BCUT2D eigenvalue weighted by Crippen LogP contribution is 2.39. The van der Waals surface area contributed by atoms with Crippen molar-refractivity contribution in [1.29, 1.82) is 0 Å². The fourth-order valence-electron chi connectivity index (χ4n) is 10.7. The van der Waals surface area contributed by atoms with Crippen LogP contribution in [0.3, 0.4) is 0 Å². The predicted octanol–water partition coefficient (Wildman–Crippen LogP) is 5.72. The number of nitrogens with zero attached hydrogens (tertiary/aromatic N) is 1. The first-order valence-electron chi connectivity index (χ1n) is 26.4. The number of piperidine rings is 1. The van der Waals surface area contributed by atoms with E-state index in [1.807, 2.05) is 51.2 Å². The summed E-state index contributed by atoms with van der Waals surface area (Å²) in [5, 5.41) is 43.5. The molecular formula is C56H87NO16. The summed E-state index contributed by atoms with van der Waals surface area (Å²) in [7, 11) is 4.50. The molecule has 4 aliphatic rings. The molecule has 17 nitrogen and oxygen atoms in total. The van der Waals surface area contributed by atoms with E-state index in [0.717, 1.165) is 10.5 Å². The van der Waals surface area contributed by atoms with E-state index in [2.05, 4.69) is 0 Å². The van der Waals surface area contributed by atoms with Crippen LogP contribution in [0, 0.1) is 40.9 Å². The van der Waals surface area contributed by atoms with Crippen molar-refractivity contribution < 1.29 is 77.6 Å². The smallest absolute Gasteiger partial charge is 0.329 e. The van der Waals surface area contributed by atoms with Gasteiger partial charge in [0.15, 0.2) is 5.78 Å². The fourth-order valence-corrected chi connectivity index (χ4v) is 10.7. The van der Waals surface area contributed by atoms with Gasteiger partial charge in [0.05, 0.1) is 31.5 Å². The van der Waals surface area contributed by atoms with Crippen molar-refractivity contribution in [1.82, 2.24) is 4.90 Å². The molecule has 412 valence electrons. The van der Waals surface area contributed by atoms with Crippen molar-refractivity contribution in [3.63, 3.8) is 0 Å². The van der Waals surface area contributed by atoms with E-state index in [0.29, 0.717) is 56.9 Å². The van der Waals surface area contributed by atoms with Crippen molar-refractivity contribution in [2.24, 2.45) is 40.9 Å². The van der Waals surface area contributed by atoms with E-state index in [1.54, 1.807) is 48.0 Å². The minimum atomic E-state index is -2.49. The molecule has 2 unspecified atom stereocenters. The van der Waals surface area contributed by atoms with Gasteiger partial charge >= 0.3 is 11.9 Å². The number of carbonyl (C=O) groups excluding carboxylic acids is 6. The standard InChI is InChI=1S/C56H87NO16/c1-33-17-13-12-14-18-34(2)46(69-10)29-42-21-20-39(7)56(67,73-42)51(63)52(64)57-24-16-15-19-43(57)53(65)71-47(30-44(60)35(3)26-38(6)49(62)50(70-11)48(61)37(5)25-33)36(4)27-40-28-41(68-9)22-23-45(40)72-54(66)55(8,31-58)32-59/h12-14,17-18,26,33,35-37,39-43,45-47,49-50,58-59,62,67H,15-16,19-25,27-32H2,1-11H3/b14-12+,17-13+,34-18+,38-26+/t33-,35-,36-,37+,39-,40+,41+,42+,43?,45?,46+,47+,49-,50+,56-/m1/s1. The van der Waals surface area contributed by atoms with Gasteiger partial charge in [-0.1, -0.05) is 71.1 Å². The Morgan fingerprint density at radius 1 is 0.877 bits per heavy atom. The zero-order valence-corrected chi connectivity index (χ0v) is 45.3. The van der Waals surface area contributed by atoms with E-state index in [-0.39, 0.29) is 61.7 Å². The van der Waals surface area contributed by atoms with E-state index >= 15 is 0 Å². The van der Waals surface area contributed by atoms with Gasteiger partial charge in [0.2, 0.25) is 5.79 Å². The third-order valence-corrected chi connectivity index (χ3v) is 15.9. The summed E-state index contributed by atoms with van der Waals surface area (Å²) < 4.78 is 35.6. The van der Waals surface area contributed by atoms with Gasteiger partial charge < -0.3 is 53.7 Å². The van der Waals surface area contributed by atoms with Gasteiger partial charge in [-0.05, 0) is 114 Å².